The predicted octanol–water partition coefficient (Wildman–Crippen LogP) is 15.5. The first-order chi connectivity index (χ1) is 32.8. The molecule has 2 aliphatic rings. The minimum Gasteiger partial charge on any atom is -0.319 e. The fraction of sp³-hybridized carbons (Fsp3) is 0.145. The van der Waals surface area contributed by atoms with Crippen molar-refractivity contribution in [3.05, 3.63) is 217 Å². The van der Waals surface area contributed by atoms with E-state index in [2.05, 4.69) is 170 Å². The highest BCUT2D eigenvalue weighted by molar-refractivity contribution is 7.70. The van der Waals surface area contributed by atoms with Crippen LogP contribution >= 0.6 is 7.14 Å². The number of hydrogen-bond donors (Lipinski definition) is 0. The molecule has 3 unspecified atom stereocenters. The highest BCUT2D eigenvalue weighted by atomic mass is 31.2. The van der Waals surface area contributed by atoms with Gasteiger partial charge in [-0.3, -0.25) is 0 Å². The molecule has 0 aliphatic heterocycles. The Morgan fingerprint density at radius 1 is 0.403 bits per heavy atom. The van der Waals surface area contributed by atoms with E-state index in [-0.39, 0.29) is 5.41 Å². The Hall–Kier alpha value is -7.26. The summed E-state index contributed by atoms with van der Waals surface area (Å²) in [5.74, 6) is 3.31. The zero-order valence-corrected chi connectivity index (χ0v) is 38.7. The number of aromatic nitrogens is 3. The molecule has 324 valence electrons. The Kier molecular flexibility index (Phi) is 10.2. The van der Waals surface area contributed by atoms with Crippen LogP contribution in [-0.4, -0.2) is 28.3 Å². The summed E-state index contributed by atoms with van der Waals surface area (Å²) in [7, 11) is -2.37. The van der Waals surface area contributed by atoms with E-state index in [1.54, 1.807) is 0 Å². The first kappa shape index (κ1) is 41.2. The van der Waals surface area contributed by atoms with Gasteiger partial charge in [-0.15, -0.1) is 0 Å². The SMILES string of the molecule is CP(C)(=O)c1ccc(-c2c3ccccc3c(-c3ccc(C4(c5ccc(-c6nc(-c7ccccc7)nc(-c7ccc(-c8ccccc8)cc7)n6)cc5)CC5CCC4C5)cc3)c3ccccc23)cc1. The van der Waals surface area contributed by atoms with Crippen LogP contribution in [0.5, 0.6) is 0 Å². The number of fused-ring (bicyclic) bond motifs is 4. The van der Waals surface area contributed by atoms with Crippen LogP contribution in [0.25, 0.3) is 89.1 Å². The molecule has 67 heavy (non-hydrogen) atoms. The Morgan fingerprint density at radius 3 is 1.18 bits per heavy atom. The van der Waals surface area contributed by atoms with Gasteiger partial charge in [-0.1, -0.05) is 213 Å². The molecule has 0 N–H and O–H groups in total. The molecule has 2 saturated carbocycles. The quantitative estimate of drug-likeness (QED) is 0.107. The van der Waals surface area contributed by atoms with Gasteiger partial charge in [0.1, 0.15) is 7.14 Å². The summed E-state index contributed by atoms with van der Waals surface area (Å²) in [6.07, 6.45) is 5.00. The second-order valence-corrected chi connectivity index (χ2v) is 22.3. The summed E-state index contributed by atoms with van der Waals surface area (Å²) in [5.41, 5.74) is 12.8. The third-order valence-corrected chi connectivity index (χ3v) is 16.4. The van der Waals surface area contributed by atoms with Crippen LogP contribution in [0.2, 0.25) is 0 Å². The van der Waals surface area contributed by atoms with Crippen molar-refractivity contribution < 1.29 is 4.57 Å². The molecule has 2 fully saturated rings. The molecule has 4 nitrogen and oxygen atoms in total. The van der Waals surface area contributed by atoms with E-state index in [0.29, 0.717) is 23.4 Å². The topological polar surface area (TPSA) is 55.7 Å². The smallest absolute Gasteiger partial charge is 0.164 e. The predicted molar refractivity (Wildman–Crippen MR) is 279 cm³/mol. The number of rotatable bonds is 9. The van der Waals surface area contributed by atoms with Crippen LogP contribution in [0.1, 0.15) is 36.8 Å². The number of nitrogens with zero attached hydrogens (tertiary/aromatic N) is 3. The van der Waals surface area contributed by atoms with Gasteiger partial charge in [0.2, 0.25) is 0 Å². The summed E-state index contributed by atoms with van der Waals surface area (Å²) >= 11 is 0. The van der Waals surface area contributed by atoms with Crippen molar-refractivity contribution in [2.24, 2.45) is 11.8 Å². The van der Waals surface area contributed by atoms with Gasteiger partial charge < -0.3 is 4.57 Å². The molecule has 12 rings (SSSR count). The van der Waals surface area contributed by atoms with Crippen molar-refractivity contribution in [3.63, 3.8) is 0 Å². The molecule has 0 spiro atoms. The molecule has 5 heteroatoms. The highest BCUT2D eigenvalue weighted by Crippen LogP contribution is 2.60. The van der Waals surface area contributed by atoms with Crippen molar-refractivity contribution in [1.82, 2.24) is 15.0 Å². The van der Waals surface area contributed by atoms with Crippen LogP contribution in [0.15, 0.2) is 206 Å². The average molecular weight is 884 g/mol. The van der Waals surface area contributed by atoms with Crippen LogP contribution in [0.3, 0.4) is 0 Å². The molecule has 0 radical (unpaired) electrons. The Morgan fingerprint density at radius 2 is 0.761 bits per heavy atom. The first-order valence-corrected chi connectivity index (χ1v) is 26.2. The minimum absolute atomic E-state index is 0.0684. The molecule has 3 atom stereocenters. The molecule has 9 aromatic carbocycles. The van der Waals surface area contributed by atoms with Crippen molar-refractivity contribution in [3.8, 4) is 67.5 Å². The Labute approximate surface area is 392 Å². The minimum atomic E-state index is -2.37. The van der Waals surface area contributed by atoms with Crippen molar-refractivity contribution in [2.75, 3.05) is 13.3 Å². The second kappa shape index (κ2) is 16.6. The van der Waals surface area contributed by atoms with E-state index in [1.165, 1.54) is 74.2 Å². The molecule has 2 aliphatic carbocycles. The standard InChI is InChI=1S/C62H50N3OP/c1-67(2,66)52-37-30-45(31-38-52)58-55-19-11-9-17-53(55)57(54-18-10-12-20-56(54)58)44-26-33-49(34-27-44)62(40-41-21-32-51(62)39-41)50-35-28-48(29-36-50)61-64-59(46-15-7-4-8-16-46)63-60(65-61)47-24-22-43(23-25-47)42-13-5-3-6-14-42/h3-20,22-31,33-38,41,51H,21,32,39-40H2,1-2H3. The number of hydrogen-bond acceptors (Lipinski definition) is 4. The molecule has 1 aromatic heterocycles. The lowest BCUT2D eigenvalue weighted by Crippen LogP contribution is -2.34. The molecule has 2 bridgehead atoms. The maximum Gasteiger partial charge on any atom is 0.164 e. The maximum atomic E-state index is 12.9. The average Bonchev–Trinajstić information content (AvgIpc) is 4.02. The zero-order chi connectivity index (χ0) is 45.1. The molecule has 1 heterocycles. The monoisotopic (exact) mass is 883 g/mol. The van der Waals surface area contributed by atoms with Crippen molar-refractivity contribution in [2.45, 2.75) is 31.1 Å². The van der Waals surface area contributed by atoms with Gasteiger partial charge in [0.15, 0.2) is 17.5 Å². The van der Waals surface area contributed by atoms with Gasteiger partial charge in [-0.25, -0.2) is 15.0 Å². The van der Waals surface area contributed by atoms with E-state index in [9.17, 15) is 4.57 Å². The van der Waals surface area contributed by atoms with Gasteiger partial charge >= 0.3 is 0 Å². The van der Waals surface area contributed by atoms with Crippen molar-refractivity contribution in [1.29, 1.82) is 0 Å². The molecular weight excluding hydrogens is 834 g/mol. The van der Waals surface area contributed by atoms with E-state index < -0.39 is 7.14 Å². The van der Waals surface area contributed by atoms with Crippen LogP contribution in [0.4, 0.5) is 0 Å². The summed E-state index contributed by atoms with van der Waals surface area (Å²) in [6.45, 7) is 3.68. The van der Waals surface area contributed by atoms with Gasteiger partial charge in [0.05, 0.1) is 0 Å². The molecule has 0 saturated heterocycles. The van der Waals surface area contributed by atoms with Gasteiger partial charge in [0, 0.05) is 27.4 Å². The lowest BCUT2D eigenvalue weighted by Gasteiger charge is -2.39. The van der Waals surface area contributed by atoms with Gasteiger partial charge in [-0.05, 0) is 110 Å². The fourth-order valence-corrected chi connectivity index (χ4v) is 12.5. The van der Waals surface area contributed by atoms with Gasteiger partial charge in [0.25, 0.3) is 0 Å². The molecule has 10 aromatic rings. The van der Waals surface area contributed by atoms with Gasteiger partial charge in [-0.2, -0.15) is 0 Å². The first-order valence-electron chi connectivity index (χ1n) is 23.6. The lowest BCUT2D eigenvalue weighted by atomic mass is 9.64. The zero-order valence-electron chi connectivity index (χ0n) is 37.8. The van der Waals surface area contributed by atoms with E-state index in [4.69, 9.17) is 15.0 Å². The highest BCUT2D eigenvalue weighted by Gasteiger charge is 2.52. The van der Waals surface area contributed by atoms with E-state index in [0.717, 1.165) is 45.5 Å². The molecule has 0 amide bonds. The van der Waals surface area contributed by atoms with Crippen LogP contribution < -0.4 is 5.30 Å². The van der Waals surface area contributed by atoms with E-state index >= 15 is 0 Å². The van der Waals surface area contributed by atoms with Crippen LogP contribution in [-0.2, 0) is 9.98 Å². The normalized spacial score (nSPS) is 17.9. The molecular formula is C62H50N3OP. The van der Waals surface area contributed by atoms with E-state index in [1.807, 2.05) is 49.7 Å². The third kappa shape index (κ3) is 7.32. The number of benzene rings is 9. The van der Waals surface area contributed by atoms with Crippen molar-refractivity contribution >= 4 is 34.0 Å². The fourth-order valence-electron chi connectivity index (χ4n) is 11.6. The lowest BCUT2D eigenvalue weighted by molar-refractivity contribution is 0.320. The Bertz CT molecular complexity index is 3440. The summed E-state index contributed by atoms with van der Waals surface area (Å²) in [6, 6.07) is 74.0. The Balaban J connectivity index is 0.920. The second-order valence-electron chi connectivity index (χ2n) is 19.1. The summed E-state index contributed by atoms with van der Waals surface area (Å²) in [4.78, 5) is 15.2. The largest absolute Gasteiger partial charge is 0.319 e. The third-order valence-electron chi connectivity index (χ3n) is 14.8. The summed E-state index contributed by atoms with van der Waals surface area (Å²) < 4.78 is 12.9. The summed E-state index contributed by atoms with van der Waals surface area (Å²) in [5, 5.41) is 5.81. The maximum absolute atomic E-state index is 12.9. The van der Waals surface area contributed by atoms with Crippen LogP contribution in [0, 0.1) is 11.8 Å².